The number of benzene rings is 2. The van der Waals surface area contributed by atoms with Crippen LogP contribution in [0.25, 0.3) is 10.4 Å². The van der Waals surface area contributed by atoms with Gasteiger partial charge in [0.1, 0.15) is 11.6 Å². The first-order valence-electron chi connectivity index (χ1n) is 8.74. The van der Waals surface area contributed by atoms with Crippen molar-refractivity contribution in [1.29, 1.82) is 0 Å². The van der Waals surface area contributed by atoms with Crippen molar-refractivity contribution in [2.24, 2.45) is 0 Å². The maximum Gasteiger partial charge on any atom is 0.261 e. The molecular weight excluding hydrogens is 379 g/mol. The maximum absolute atomic E-state index is 13.0. The van der Waals surface area contributed by atoms with Gasteiger partial charge < -0.3 is 15.7 Å². The minimum Gasteiger partial charge on any atom is -0.508 e. The molecule has 3 N–H and O–H groups in total. The first-order valence-corrected chi connectivity index (χ1v) is 9.56. The summed E-state index contributed by atoms with van der Waals surface area (Å²) in [7, 11) is 0. The van der Waals surface area contributed by atoms with Gasteiger partial charge in [-0.1, -0.05) is 18.2 Å². The van der Waals surface area contributed by atoms with Crippen molar-refractivity contribution in [3.63, 3.8) is 0 Å². The van der Waals surface area contributed by atoms with Crippen LogP contribution in [-0.4, -0.2) is 30.0 Å². The molecule has 144 valence electrons. The van der Waals surface area contributed by atoms with Crippen molar-refractivity contribution in [3.8, 4) is 16.2 Å². The predicted octanol–water partition coefficient (Wildman–Crippen LogP) is 3.81. The Balaban J connectivity index is 1.42. The molecule has 28 heavy (non-hydrogen) atoms. The van der Waals surface area contributed by atoms with Gasteiger partial charge >= 0.3 is 0 Å². The summed E-state index contributed by atoms with van der Waals surface area (Å²) in [6.07, 6.45) is 0.576. The van der Waals surface area contributed by atoms with Crippen molar-refractivity contribution < 1.29 is 19.1 Å². The van der Waals surface area contributed by atoms with Crippen LogP contribution in [0.2, 0.25) is 0 Å². The van der Waals surface area contributed by atoms with E-state index in [4.69, 9.17) is 0 Å². The summed E-state index contributed by atoms with van der Waals surface area (Å²) in [6, 6.07) is 15.8. The van der Waals surface area contributed by atoms with Crippen LogP contribution < -0.4 is 10.6 Å². The van der Waals surface area contributed by atoms with Crippen LogP contribution in [-0.2, 0) is 0 Å². The van der Waals surface area contributed by atoms with E-state index in [-0.39, 0.29) is 23.4 Å². The number of aromatic hydroxyl groups is 1. The van der Waals surface area contributed by atoms with Gasteiger partial charge in [-0.3, -0.25) is 9.59 Å². The second-order valence-corrected chi connectivity index (χ2v) is 7.17. The highest BCUT2D eigenvalue weighted by Gasteiger charge is 2.10. The van der Waals surface area contributed by atoms with Crippen LogP contribution in [0.15, 0.2) is 60.7 Å². The van der Waals surface area contributed by atoms with Gasteiger partial charge in [0.25, 0.3) is 11.8 Å². The Morgan fingerprint density at radius 2 is 1.64 bits per heavy atom. The van der Waals surface area contributed by atoms with Crippen LogP contribution in [0.1, 0.15) is 26.5 Å². The molecule has 0 spiro atoms. The molecule has 0 unspecified atom stereocenters. The lowest BCUT2D eigenvalue weighted by Crippen LogP contribution is -2.29. The quantitative estimate of drug-likeness (QED) is 0.530. The number of nitrogens with one attached hydrogen (secondary N) is 2. The normalized spacial score (nSPS) is 10.5. The molecule has 3 rings (SSSR count). The Labute approximate surface area is 165 Å². The fourth-order valence-corrected chi connectivity index (χ4v) is 3.49. The summed E-state index contributed by atoms with van der Waals surface area (Å²) < 4.78 is 13.0. The molecule has 0 radical (unpaired) electrons. The molecule has 0 saturated carbocycles. The minimum atomic E-state index is -0.297. The summed E-state index contributed by atoms with van der Waals surface area (Å²) in [4.78, 5) is 25.6. The number of hydrogen-bond acceptors (Lipinski definition) is 4. The fourth-order valence-electron chi connectivity index (χ4n) is 2.56. The molecule has 7 heteroatoms. The van der Waals surface area contributed by atoms with Crippen molar-refractivity contribution in [2.45, 2.75) is 6.42 Å². The molecule has 2 aromatic carbocycles. The number of amides is 2. The third kappa shape index (κ3) is 5.17. The zero-order valence-corrected chi connectivity index (χ0v) is 15.8. The number of halogens is 1. The zero-order valence-electron chi connectivity index (χ0n) is 14.9. The molecule has 1 aromatic heterocycles. The van der Waals surface area contributed by atoms with E-state index in [2.05, 4.69) is 10.6 Å². The van der Waals surface area contributed by atoms with Gasteiger partial charge in [0.15, 0.2) is 0 Å². The third-order valence-electron chi connectivity index (χ3n) is 3.99. The second kappa shape index (κ2) is 9.14. The lowest BCUT2D eigenvalue weighted by Gasteiger charge is -2.06. The summed E-state index contributed by atoms with van der Waals surface area (Å²) in [5.41, 5.74) is 1.25. The van der Waals surface area contributed by atoms with E-state index in [0.29, 0.717) is 30.0 Å². The molecule has 0 aliphatic rings. The van der Waals surface area contributed by atoms with Crippen LogP contribution in [0, 0.1) is 5.82 Å². The standard InChI is InChI=1S/C21H19FN2O3S/c22-16-7-5-14(6-8-16)18-9-10-19(28-18)21(27)24-12-2-11-23-20(26)15-3-1-4-17(25)13-15/h1,3-10,13,25H,2,11-12H2,(H,23,26)(H,24,27). The minimum absolute atomic E-state index is 0.0378. The summed E-state index contributed by atoms with van der Waals surface area (Å²) in [5.74, 6) is -0.715. The number of rotatable bonds is 7. The van der Waals surface area contributed by atoms with Gasteiger partial charge in [-0.25, -0.2) is 4.39 Å². The van der Waals surface area contributed by atoms with Crippen molar-refractivity contribution in [1.82, 2.24) is 10.6 Å². The number of phenolic OH excluding ortho intramolecular Hbond substituents is 1. The highest BCUT2D eigenvalue weighted by Crippen LogP contribution is 2.28. The SMILES string of the molecule is O=C(NCCCNC(=O)c1ccc(-c2ccc(F)cc2)s1)c1cccc(O)c1. The Morgan fingerprint density at radius 1 is 0.929 bits per heavy atom. The molecule has 0 saturated heterocycles. The van der Waals surface area contributed by atoms with Crippen molar-refractivity contribution >= 4 is 23.2 Å². The molecule has 3 aromatic rings. The van der Waals surface area contributed by atoms with Gasteiger partial charge in [-0.2, -0.15) is 0 Å². The van der Waals surface area contributed by atoms with Gasteiger partial charge in [0.05, 0.1) is 4.88 Å². The monoisotopic (exact) mass is 398 g/mol. The first-order chi connectivity index (χ1) is 13.5. The zero-order chi connectivity index (χ0) is 19.9. The highest BCUT2D eigenvalue weighted by molar-refractivity contribution is 7.17. The molecule has 0 atom stereocenters. The summed E-state index contributed by atoms with van der Waals surface area (Å²) in [5, 5.41) is 14.9. The molecule has 5 nitrogen and oxygen atoms in total. The Morgan fingerprint density at radius 3 is 2.36 bits per heavy atom. The highest BCUT2D eigenvalue weighted by atomic mass is 32.1. The number of phenols is 1. The molecular formula is C21H19FN2O3S. The average Bonchev–Trinajstić information content (AvgIpc) is 3.18. The van der Waals surface area contributed by atoms with E-state index in [0.717, 1.165) is 10.4 Å². The van der Waals surface area contributed by atoms with E-state index >= 15 is 0 Å². The van der Waals surface area contributed by atoms with E-state index in [1.165, 1.54) is 35.6 Å². The first kappa shape index (κ1) is 19.6. The van der Waals surface area contributed by atoms with E-state index in [9.17, 15) is 19.1 Å². The molecule has 1 heterocycles. The number of thiophene rings is 1. The van der Waals surface area contributed by atoms with Gasteiger partial charge in [0, 0.05) is 23.5 Å². The Bertz CT molecular complexity index is 970. The van der Waals surface area contributed by atoms with E-state index in [1.807, 2.05) is 6.07 Å². The molecule has 0 fully saturated rings. The van der Waals surface area contributed by atoms with E-state index in [1.54, 1.807) is 30.3 Å². The second-order valence-electron chi connectivity index (χ2n) is 6.09. The van der Waals surface area contributed by atoms with Crippen LogP contribution in [0.5, 0.6) is 5.75 Å². The maximum atomic E-state index is 13.0. The van der Waals surface area contributed by atoms with Gasteiger partial charge in [-0.05, 0) is 54.4 Å². The lowest BCUT2D eigenvalue weighted by molar-refractivity contribution is 0.0952. The molecule has 2 amide bonds. The fraction of sp³-hybridized carbons (Fsp3) is 0.143. The topological polar surface area (TPSA) is 78.4 Å². The van der Waals surface area contributed by atoms with Crippen LogP contribution in [0.3, 0.4) is 0 Å². The Kier molecular flexibility index (Phi) is 6.39. The van der Waals surface area contributed by atoms with Crippen LogP contribution >= 0.6 is 11.3 Å². The summed E-state index contributed by atoms with van der Waals surface area (Å²) >= 11 is 1.34. The molecule has 0 aliphatic carbocycles. The Hall–Kier alpha value is -3.19. The van der Waals surface area contributed by atoms with Crippen molar-refractivity contribution in [2.75, 3.05) is 13.1 Å². The average molecular weight is 398 g/mol. The number of carbonyl (C=O) groups is 2. The molecule has 0 bridgehead atoms. The molecule has 0 aliphatic heterocycles. The van der Waals surface area contributed by atoms with E-state index < -0.39 is 0 Å². The predicted molar refractivity (Wildman–Crippen MR) is 107 cm³/mol. The van der Waals surface area contributed by atoms with Crippen LogP contribution in [0.4, 0.5) is 4.39 Å². The van der Waals surface area contributed by atoms with Gasteiger partial charge in [-0.15, -0.1) is 11.3 Å². The van der Waals surface area contributed by atoms with Gasteiger partial charge in [0.2, 0.25) is 0 Å². The summed E-state index contributed by atoms with van der Waals surface area (Å²) in [6.45, 7) is 0.822. The largest absolute Gasteiger partial charge is 0.508 e. The number of hydrogen-bond donors (Lipinski definition) is 3. The van der Waals surface area contributed by atoms with Crippen molar-refractivity contribution in [3.05, 3.63) is 76.9 Å². The number of carbonyl (C=O) groups excluding carboxylic acids is 2. The third-order valence-corrected chi connectivity index (χ3v) is 5.12. The smallest absolute Gasteiger partial charge is 0.261 e. The lowest BCUT2D eigenvalue weighted by atomic mass is 10.2.